The molecule has 0 unspecified atom stereocenters. The first-order chi connectivity index (χ1) is 22.8. The van der Waals surface area contributed by atoms with Gasteiger partial charge >= 0.3 is 23.3 Å². The summed E-state index contributed by atoms with van der Waals surface area (Å²) in [4.78, 5) is 22.5. The quantitative estimate of drug-likeness (QED) is 0.0640. The molecule has 0 spiro atoms. The van der Waals surface area contributed by atoms with Gasteiger partial charge in [-0.15, -0.1) is 0 Å². The minimum absolute atomic E-state index is 0.0239. The summed E-state index contributed by atoms with van der Waals surface area (Å²) >= 11 is 0. The highest BCUT2D eigenvalue weighted by atomic mass is 16.7. The average molecular weight is 682 g/mol. The molecular formula is C30H33O18+. The number of carbonyl (C=O) groups is 2. The minimum Gasteiger partial charge on any atom is -0.508 e. The highest BCUT2D eigenvalue weighted by molar-refractivity contribution is 5.90. The van der Waals surface area contributed by atoms with E-state index >= 15 is 0 Å². The van der Waals surface area contributed by atoms with Gasteiger partial charge in [-0.3, -0.25) is 9.59 Å². The topological polar surface area (TPSA) is 294 Å². The van der Waals surface area contributed by atoms with Crippen LogP contribution in [0.4, 0.5) is 0 Å². The summed E-state index contributed by atoms with van der Waals surface area (Å²) in [5.41, 5.74) is 0.253. The van der Waals surface area contributed by atoms with Crippen LogP contribution in [0.1, 0.15) is 6.42 Å². The standard InChI is InChI=1S/C30H32O18/c31-9-18-22(37)24(39)26(41)30(47-18)46-17-7-14-15(44-28(17)11-1-3-12(32)4-2-11)5-13(33)6-16(14)45-29-27(42)25(40)23(38)19(48-29)10-43-21(36)8-20(34)35/h1-7,18-19,22-27,29-31,37-42H,8-10H2,(H2-,32,33,34,35)/p+1/t18-,19-,22-,23-,24+,25+,26-,27-,29-,30-/m1/s1. The third kappa shape index (κ3) is 7.36. The molecule has 10 atom stereocenters. The van der Waals surface area contributed by atoms with E-state index in [4.69, 9.17) is 33.2 Å². The fourth-order valence-electron chi connectivity index (χ4n) is 5.09. The van der Waals surface area contributed by atoms with Crippen molar-refractivity contribution in [1.29, 1.82) is 0 Å². The first-order valence-electron chi connectivity index (χ1n) is 14.4. The molecule has 2 aliphatic heterocycles. The summed E-state index contributed by atoms with van der Waals surface area (Å²) < 4.78 is 33.6. The first kappa shape index (κ1) is 35.0. The number of carbonyl (C=O) groups excluding carboxylic acids is 1. The lowest BCUT2D eigenvalue weighted by molar-refractivity contribution is -0.278. The SMILES string of the molecule is O=C(O)CC(=O)OC[C@H]1O[C@@H](Oc2cc(O)cc3[o+]c(-c4ccc(O)cc4)c(O[C@@H]4O[C@H](CO)[C@@H](O)[C@H](O)[C@H]4O)cc23)[C@H](O)[C@@H](O)[C@@H]1O. The molecule has 18 nitrogen and oxygen atoms in total. The van der Waals surface area contributed by atoms with E-state index in [0.29, 0.717) is 5.56 Å². The van der Waals surface area contributed by atoms with E-state index in [9.17, 15) is 55.5 Å². The van der Waals surface area contributed by atoms with Crippen LogP contribution in [0.25, 0.3) is 22.3 Å². The van der Waals surface area contributed by atoms with Crippen LogP contribution in [0.5, 0.6) is 23.0 Å². The van der Waals surface area contributed by atoms with Gasteiger partial charge in [-0.25, -0.2) is 4.42 Å². The Morgan fingerprint density at radius 2 is 1.31 bits per heavy atom. The van der Waals surface area contributed by atoms with Crippen molar-refractivity contribution < 1.29 is 88.8 Å². The van der Waals surface area contributed by atoms with Gasteiger partial charge in [0.05, 0.1) is 18.2 Å². The number of aliphatic hydroxyl groups excluding tert-OH is 7. The van der Waals surface area contributed by atoms with Crippen LogP contribution in [0.2, 0.25) is 0 Å². The number of hydrogen-bond acceptors (Lipinski definition) is 16. The van der Waals surface area contributed by atoms with Gasteiger partial charge in [0.1, 0.15) is 84.5 Å². The maximum Gasteiger partial charge on any atom is 0.402 e. The third-order valence-corrected chi connectivity index (χ3v) is 7.64. The number of phenols is 2. The van der Waals surface area contributed by atoms with Crippen LogP contribution < -0.4 is 9.47 Å². The number of phenolic OH excluding ortho intramolecular Hbond substituents is 2. The number of esters is 1. The molecule has 10 N–H and O–H groups in total. The maximum absolute atomic E-state index is 11.7. The van der Waals surface area contributed by atoms with E-state index in [1.807, 2.05) is 0 Å². The number of fused-ring (bicyclic) bond motifs is 1. The molecule has 18 heteroatoms. The smallest absolute Gasteiger partial charge is 0.402 e. The first-order valence-corrected chi connectivity index (χ1v) is 14.4. The number of hydrogen-bond donors (Lipinski definition) is 10. The van der Waals surface area contributed by atoms with Crippen LogP contribution in [-0.2, 0) is 23.8 Å². The molecule has 0 aliphatic carbocycles. The molecule has 0 saturated carbocycles. The number of benzene rings is 2. The van der Waals surface area contributed by atoms with Gasteiger partial charge in [-0.1, -0.05) is 0 Å². The van der Waals surface area contributed by atoms with Gasteiger partial charge in [0, 0.05) is 12.1 Å². The monoisotopic (exact) mass is 681 g/mol. The van der Waals surface area contributed by atoms with Crippen molar-refractivity contribution in [3.05, 3.63) is 42.5 Å². The second kappa shape index (κ2) is 14.4. The zero-order valence-electron chi connectivity index (χ0n) is 24.7. The van der Waals surface area contributed by atoms with Gasteiger partial charge in [0.25, 0.3) is 0 Å². The summed E-state index contributed by atoms with van der Waals surface area (Å²) in [5.74, 6) is -3.61. The molecule has 48 heavy (non-hydrogen) atoms. The van der Waals surface area contributed by atoms with Crippen molar-refractivity contribution in [2.45, 2.75) is 67.8 Å². The zero-order valence-corrected chi connectivity index (χ0v) is 24.7. The van der Waals surface area contributed by atoms with Crippen LogP contribution in [0, 0.1) is 0 Å². The van der Waals surface area contributed by atoms with Crippen molar-refractivity contribution in [3.63, 3.8) is 0 Å². The lowest BCUT2D eigenvalue weighted by Gasteiger charge is -2.40. The number of ether oxygens (including phenoxy) is 5. The lowest BCUT2D eigenvalue weighted by atomic mass is 9.99. The lowest BCUT2D eigenvalue weighted by Crippen LogP contribution is -2.60. The van der Waals surface area contributed by atoms with Gasteiger partial charge in [0.15, 0.2) is 0 Å². The Balaban J connectivity index is 1.51. The molecular weight excluding hydrogens is 648 g/mol. The average Bonchev–Trinajstić information content (AvgIpc) is 3.04. The van der Waals surface area contributed by atoms with E-state index in [1.165, 1.54) is 36.4 Å². The van der Waals surface area contributed by atoms with E-state index in [0.717, 1.165) is 6.07 Å². The molecule has 0 radical (unpaired) electrons. The van der Waals surface area contributed by atoms with Crippen LogP contribution in [0.15, 0.2) is 46.9 Å². The molecule has 2 fully saturated rings. The van der Waals surface area contributed by atoms with Gasteiger partial charge < -0.3 is 74.7 Å². The number of carboxylic acids is 1. The molecule has 1 aromatic heterocycles. The molecule has 0 amide bonds. The molecule has 260 valence electrons. The van der Waals surface area contributed by atoms with Crippen molar-refractivity contribution >= 4 is 22.9 Å². The normalized spacial score (nSPS) is 30.5. The second-order valence-corrected chi connectivity index (χ2v) is 11.0. The minimum atomic E-state index is -1.90. The van der Waals surface area contributed by atoms with Gasteiger partial charge in [-0.05, 0) is 24.3 Å². The number of aliphatic carboxylic acids is 1. The largest absolute Gasteiger partial charge is 0.508 e. The number of aromatic hydroxyl groups is 2. The summed E-state index contributed by atoms with van der Waals surface area (Å²) in [6.45, 7) is -1.46. The van der Waals surface area contributed by atoms with Gasteiger partial charge in [0.2, 0.25) is 18.3 Å². The maximum atomic E-state index is 11.7. The van der Waals surface area contributed by atoms with Crippen LogP contribution in [0.3, 0.4) is 0 Å². The third-order valence-electron chi connectivity index (χ3n) is 7.64. The molecule has 0 bridgehead atoms. The fourth-order valence-corrected chi connectivity index (χ4v) is 5.09. The Kier molecular flexibility index (Phi) is 10.5. The molecule has 5 rings (SSSR count). The summed E-state index contributed by atoms with van der Waals surface area (Å²) in [5, 5.41) is 101. The van der Waals surface area contributed by atoms with Crippen LogP contribution >= 0.6 is 0 Å². The molecule has 2 saturated heterocycles. The number of rotatable bonds is 10. The summed E-state index contributed by atoms with van der Waals surface area (Å²) in [7, 11) is 0. The van der Waals surface area contributed by atoms with Crippen molar-refractivity contribution in [1.82, 2.24) is 0 Å². The Bertz CT molecular complexity index is 1610. The van der Waals surface area contributed by atoms with E-state index in [-0.39, 0.29) is 34.0 Å². The second-order valence-electron chi connectivity index (χ2n) is 11.0. The fraction of sp³-hybridized carbons (Fsp3) is 0.433. The molecule has 3 aromatic rings. The predicted octanol–water partition coefficient (Wildman–Crippen LogP) is -1.82. The number of aliphatic hydroxyl groups is 7. The molecule has 3 heterocycles. The Labute approximate surface area is 269 Å². The summed E-state index contributed by atoms with van der Waals surface area (Å²) in [6.07, 6.45) is -18.1. The Morgan fingerprint density at radius 1 is 0.729 bits per heavy atom. The Hall–Kier alpha value is -4.37. The van der Waals surface area contributed by atoms with E-state index in [2.05, 4.69) is 0 Å². The highest BCUT2D eigenvalue weighted by Crippen LogP contribution is 2.42. The number of carboxylic acid groups (broad SMARTS) is 1. The summed E-state index contributed by atoms with van der Waals surface area (Å²) in [6, 6.07) is 9.12. The van der Waals surface area contributed by atoms with Crippen molar-refractivity contribution in [2.75, 3.05) is 13.2 Å². The zero-order chi connectivity index (χ0) is 34.9. The van der Waals surface area contributed by atoms with E-state index in [1.54, 1.807) is 0 Å². The highest BCUT2D eigenvalue weighted by Gasteiger charge is 2.47. The van der Waals surface area contributed by atoms with Crippen LogP contribution in [-0.4, -0.2) is 138 Å². The predicted molar refractivity (Wildman–Crippen MR) is 154 cm³/mol. The van der Waals surface area contributed by atoms with Gasteiger partial charge in [-0.2, -0.15) is 0 Å². The van der Waals surface area contributed by atoms with Crippen molar-refractivity contribution in [3.8, 4) is 34.3 Å². The Morgan fingerprint density at radius 3 is 1.92 bits per heavy atom. The van der Waals surface area contributed by atoms with E-state index < -0.39 is 98.7 Å². The molecule has 2 aliphatic rings. The molecule has 2 aromatic carbocycles. The van der Waals surface area contributed by atoms with Crippen molar-refractivity contribution in [2.24, 2.45) is 0 Å².